The third-order valence-electron chi connectivity index (χ3n) is 3.72. The average molecular weight is 310 g/mol. The van der Waals surface area contributed by atoms with Gasteiger partial charge in [0.25, 0.3) is 0 Å². The highest BCUT2D eigenvalue weighted by Crippen LogP contribution is 2.32. The molecule has 3 heteroatoms. The average Bonchev–Trinajstić information content (AvgIpc) is 2.61. The van der Waals surface area contributed by atoms with Gasteiger partial charge in [-0.25, -0.2) is 0 Å². The van der Waals surface area contributed by atoms with E-state index in [1.807, 2.05) is 6.08 Å². The largest absolute Gasteiger partial charge is 0.381 e. The molecule has 0 aliphatic heterocycles. The van der Waals surface area contributed by atoms with E-state index in [-0.39, 0.29) is 0 Å². The summed E-state index contributed by atoms with van der Waals surface area (Å²) in [6.07, 6.45) is 7.67. The molecule has 98 valence electrons. The number of fused-ring (bicyclic) bond motifs is 1. The van der Waals surface area contributed by atoms with E-state index in [0.717, 1.165) is 23.7 Å². The van der Waals surface area contributed by atoms with Crippen LogP contribution in [0.5, 0.6) is 0 Å². The maximum Gasteiger partial charge on any atom is 0.0616 e. The van der Waals surface area contributed by atoms with Gasteiger partial charge in [-0.05, 0) is 35.9 Å². The number of halogens is 1. The Labute approximate surface area is 117 Å². The van der Waals surface area contributed by atoms with Crippen LogP contribution >= 0.6 is 15.9 Å². The van der Waals surface area contributed by atoms with Crippen LogP contribution in [0.3, 0.4) is 0 Å². The lowest BCUT2D eigenvalue weighted by molar-refractivity contribution is 0.0904. The van der Waals surface area contributed by atoms with Gasteiger partial charge in [-0.1, -0.05) is 28.6 Å². The summed E-state index contributed by atoms with van der Waals surface area (Å²) >= 11 is 3.52. The van der Waals surface area contributed by atoms with Crippen LogP contribution in [0, 0.1) is 0 Å². The lowest BCUT2D eigenvalue weighted by Crippen LogP contribution is -2.21. The molecule has 0 saturated heterocycles. The van der Waals surface area contributed by atoms with Crippen molar-refractivity contribution in [2.24, 2.45) is 7.05 Å². The molecule has 1 atom stereocenters. The van der Waals surface area contributed by atoms with Crippen molar-refractivity contribution in [1.29, 1.82) is 0 Å². The molecule has 1 aliphatic rings. The van der Waals surface area contributed by atoms with Gasteiger partial charge in [0.15, 0.2) is 0 Å². The number of ether oxygens (including phenoxy) is 1. The summed E-state index contributed by atoms with van der Waals surface area (Å²) in [4.78, 5) is 0. The number of hydrogen-bond donors (Lipinski definition) is 0. The van der Waals surface area contributed by atoms with E-state index in [1.165, 1.54) is 22.5 Å². The predicted octanol–water partition coefficient (Wildman–Crippen LogP) is 3.93. The van der Waals surface area contributed by atoms with Crippen molar-refractivity contribution >= 4 is 28.1 Å². The van der Waals surface area contributed by atoms with Crippen molar-refractivity contribution in [1.82, 2.24) is 4.57 Å². The highest BCUT2D eigenvalue weighted by molar-refractivity contribution is 9.11. The fourth-order valence-electron chi connectivity index (χ4n) is 2.80. The standard InChI is InChI=1S/C15H20BrNO/c1-5-12-13-9-11(18-4)6-7-14(13)17(3)15(12)8-10(2)16/h5,8,11H,1,6-7,9H2,2-4H3/b10-8+. The van der Waals surface area contributed by atoms with E-state index >= 15 is 0 Å². The van der Waals surface area contributed by atoms with Crippen molar-refractivity contribution in [2.45, 2.75) is 32.3 Å². The highest BCUT2D eigenvalue weighted by Gasteiger charge is 2.25. The molecule has 2 nitrogen and oxygen atoms in total. The number of nitrogens with zero attached hydrogens (tertiary/aromatic N) is 1. The van der Waals surface area contributed by atoms with Crippen LogP contribution in [-0.2, 0) is 24.6 Å². The van der Waals surface area contributed by atoms with E-state index in [1.54, 1.807) is 7.11 Å². The van der Waals surface area contributed by atoms with Crippen molar-refractivity contribution in [3.63, 3.8) is 0 Å². The zero-order valence-corrected chi connectivity index (χ0v) is 12.9. The minimum Gasteiger partial charge on any atom is -0.381 e. The molecular weight excluding hydrogens is 290 g/mol. The first kappa shape index (κ1) is 13.6. The molecule has 0 saturated carbocycles. The van der Waals surface area contributed by atoms with Crippen LogP contribution < -0.4 is 0 Å². The summed E-state index contributed by atoms with van der Waals surface area (Å²) in [7, 11) is 3.94. The normalized spacial score (nSPS) is 19.8. The topological polar surface area (TPSA) is 14.2 Å². The number of hydrogen-bond acceptors (Lipinski definition) is 1. The van der Waals surface area contributed by atoms with Gasteiger partial charge >= 0.3 is 0 Å². The van der Waals surface area contributed by atoms with E-state index in [4.69, 9.17) is 4.74 Å². The zero-order chi connectivity index (χ0) is 13.3. The van der Waals surface area contributed by atoms with E-state index in [2.05, 4.69) is 47.1 Å². The molecule has 1 aliphatic carbocycles. The van der Waals surface area contributed by atoms with Crippen molar-refractivity contribution in [3.05, 3.63) is 33.6 Å². The van der Waals surface area contributed by atoms with Crippen LogP contribution in [0.25, 0.3) is 12.2 Å². The summed E-state index contributed by atoms with van der Waals surface area (Å²) in [6, 6.07) is 0. The number of methoxy groups -OCH3 is 1. The SMILES string of the molecule is C=Cc1c2c(n(C)c1/C=C(\C)Br)CCC(OC)C2. The molecule has 18 heavy (non-hydrogen) atoms. The second kappa shape index (κ2) is 5.45. The minimum absolute atomic E-state index is 0.348. The highest BCUT2D eigenvalue weighted by atomic mass is 79.9. The zero-order valence-electron chi connectivity index (χ0n) is 11.3. The number of rotatable bonds is 3. The monoisotopic (exact) mass is 309 g/mol. The van der Waals surface area contributed by atoms with E-state index in [9.17, 15) is 0 Å². The molecule has 0 radical (unpaired) electrons. The molecule has 0 bridgehead atoms. The third kappa shape index (κ3) is 2.34. The first-order chi connectivity index (χ1) is 8.58. The molecule has 0 spiro atoms. The molecule has 1 aromatic rings. The molecule has 0 aromatic carbocycles. The van der Waals surface area contributed by atoms with Gasteiger partial charge in [-0.15, -0.1) is 0 Å². The Morgan fingerprint density at radius 1 is 1.56 bits per heavy atom. The fourth-order valence-corrected chi connectivity index (χ4v) is 3.02. The molecule has 0 amide bonds. The summed E-state index contributed by atoms with van der Waals surface area (Å²) in [5, 5.41) is 0. The van der Waals surface area contributed by atoms with Crippen molar-refractivity contribution < 1.29 is 4.74 Å². The molecule has 1 aromatic heterocycles. The van der Waals surface area contributed by atoms with Gasteiger partial charge in [0.2, 0.25) is 0 Å². The van der Waals surface area contributed by atoms with Gasteiger partial charge in [0, 0.05) is 37.5 Å². The first-order valence-corrected chi connectivity index (χ1v) is 7.07. The number of allylic oxidation sites excluding steroid dienone is 1. The second-order valence-corrected chi connectivity index (χ2v) is 6.07. The van der Waals surface area contributed by atoms with Crippen molar-refractivity contribution in [3.8, 4) is 0 Å². The van der Waals surface area contributed by atoms with Crippen LogP contribution in [0.15, 0.2) is 11.1 Å². The molecule has 0 fully saturated rings. The Hall–Kier alpha value is -0.800. The summed E-state index contributed by atoms with van der Waals surface area (Å²) in [5.74, 6) is 0. The smallest absolute Gasteiger partial charge is 0.0616 e. The third-order valence-corrected chi connectivity index (χ3v) is 3.95. The molecule has 1 heterocycles. The molecule has 2 rings (SSSR count). The van der Waals surface area contributed by atoms with Crippen molar-refractivity contribution in [2.75, 3.05) is 7.11 Å². The predicted molar refractivity (Wildman–Crippen MR) is 80.9 cm³/mol. The van der Waals surface area contributed by atoms with E-state index < -0.39 is 0 Å². The Kier molecular flexibility index (Phi) is 4.13. The molecule has 0 N–H and O–H groups in total. The minimum atomic E-state index is 0.348. The lowest BCUT2D eigenvalue weighted by atomic mass is 9.92. The fraction of sp³-hybridized carbons (Fsp3) is 0.467. The quantitative estimate of drug-likeness (QED) is 0.825. The number of aromatic nitrogens is 1. The first-order valence-electron chi connectivity index (χ1n) is 6.28. The molecule has 1 unspecified atom stereocenters. The van der Waals surface area contributed by atoms with Gasteiger partial charge < -0.3 is 9.30 Å². The van der Waals surface area contributed by atoms with Crippen LogP contribution in [0.2, 0.25) is 0 Å². The summed E-state index contributed by atoms with van der Waals surface area (Å²) in [5.41, 5.74) is 5.33. The maximum absolute atomic E-state index is 5.51. The molecular formula is C15H20BrNO. The lowest BCUT2D eigenvalue weighted by Gasteiger charge is -2.22. The van der Waals surface area contributed by atoms with Gasteiger partial charge in [0.1, 0.15) is 0 Å². The van der Waals surface area contributed by atoms with E-state index in [0.29, 0.717) is 6.10 Å². The Morgan fingerprint density at radius 3 is 2.83 bits per heavy atom. The summed E-state index contributed by atoms with van der Waals surface area (Å²) < 4.78 is 8.94. The van der Waals surface area contributed by atoms with Gasteiger partial charge in [-0.3, -0.25) is 0 Å². The van der Waals surface area contributed by atoms with Crippen LogP contribution in [0.4, 0.5) is 0 Å². The van der Waals surface area contributed by atoms with Gasteiger partial charge in [0.05, 0.1) is 6.10 Å². The Morgan fingerprint density at radius 2 is 2.28 bits per heavy atom. The Bertz CT molecular complexity index is 495. The summed E-state index contributed by atoms with van der Waals surface area (Å²) in [6.45, 7) is 6.02. The maximum atomic E-state index is 5.51. The van der Waals surface area contributed by atoms with Crippen LogP contribution in [-0.4, -0.2) is 17.8 Å². The van der Waals surface area contributed by atoms with Gasteiger partial charge in [-0.2, -0.15) is 0 Å². The van der Waals surface area contributed by atoms with Crippen LogP contribution in [0.1, 0.15) is 35.9 Å². The second-order valence-electron chi connectivity index (χ2n) is 4.82. The Balaban J connectivity index is 2.55.